The van der Waals surface area contributed by atoms with Gasteiger partial charge in [0.25, 0.3) is 5.91 Å². The number of carbonyl (C=O) groups is 2. The lowest BCUT2D eigenvalue weighted by atomic mass is 10.0. The Balaban J connectivity index is 1.59. The summed E-state index contributed by atoms with van der Waals surface area (Å²) in [6.07, 6.45) is 0.134. The minimum atomic E-state index is -0.400. The molecule has 0 radical (unpaired) electrons. The van der Waals surface area contributed by atoms with Crippen molar-refractivity contribution in [2.24, 2.45) is 0 Å². The van der Waals surface area contributed by atoms with Crippen LogP contribution in [0.15, 0.2) is 72.8 Å². The molecular formula is C24H21ClN2O3. The van der Waals surface area contributed by atoms with E-state index in [0.717, 1.165) is 16.9 Å². The Morgan fingerprint density at radius 2 is 1.77 bits per heavy atom. The van der Waals surface area contributed by atoms with E-state index < -0.39 is 6.04 Å². The van der Waals surface area contributed by atoms with Crippen LogP contribution in [0.3, 0.4) is 0 Å². The normalized spacial score (nSPS) is 13.7. The standard InChI is InChI=1S/C24H21ClN2O3/c1-30-20-12-6-16(7-13-20)22(14-23(28)26-19-10-8-18(25)9-11-19)27-15-17-4-2-3-5-21(17)24(27)29/h2-13,22H,14-15H2,1H3,(H,26,28)/t22-/m1/s1. The van der Waals surface area contributed by atoms with E-state index in [1.165, 1.54) is 0 Å². The monoisotopic (exact) mass is 420 g/mol. The third-order valence-corrected chi connectivity index (χ3v) is 5.48. The van der Waals surface area contributed by atoms with Gasteiger partial charge in [-0.15, -0.1) is 0 Å². The lowest BCUT2D eigenvalue weighted by Gasteiger charge is -2.28. The number of ether oxygens (including phenoxy) is 1. The van der Waals surface area contributed by atoms with E-state index in [2.05, 4.69) is 5.32 Å². The summed E-state index contributed by atoms with van der Waals surface area (Å²) in [5.74, 6) is 0.478. The average molecular weight is 421 g/mol. The summed E-state index contributed by atoms with van der Waals surface area (Å²) in [5, 5.41) is 3.49. The number of nitrogens with zero attached hydrogens (tertiary/aromatic N) is 1. The molecule has 1 N–H and O–H groups in total. The number of hydrogen-bond donors (Lipinski definition) is 1. The average Bonchev–Trinajstić information content (AvgIpc) is 3.10. The van der Waals surface area contributed by atoms with E-state index in [1.54, 1.807) is 36.3 Å². The third kappa shape index (κ3) is 4.16. The van der Waals surface area contributed by atoms with Crippen molar-refractivity contribution in [2.75, 3.05) is 12.4 Å². The maximum absolute atomic E-state index is 13.1. The maximum atomic E-state index is 13.1. The number of anilines is 1. The summed E-state index contributed by atoms with van der Waals surface area (Å²) < 4.78 is 5.25. The molecular weight excluding hydrogens is 400 g/mol. The number of benzene rings is 3. The van der Waals surface area contributed by atoms with Crippen molar-refractivity contribution in [1.82, 2.24) is 4.90 Å². The summed E-state index contributed by atoms with van der Waals surface area (Å²) in [7, 11) is 1.60. The minimum absolute atomic E-state index is 0.0642. The second-order valence-electron chi connectivity index (χ2n) is 7.14. The van der Waals surface area contributed by atoms with Gasteiger partial charge in [0.15, 0.2) is 0 Å². The molecule has 30 heavy (non-hydrogen) atoms. The molecule has 0 saturated heterocycles. The van der Waals surface area contributed by atoms with Gasteiger partial charge in [0.1, 0.15) is 5.75 Å². The summed E-state index contributed by atoms with van der Waals surface area (Å²) in [5.41, 5.74) is 3.20. The Kier molecular flexibility index (Phi) is 5.72. The van der Waals surface area contributed by atoms with Gasteiger partial charge in [-0.3, -0.25) is 9.59 Å². The molecule has 0 fully saturated rings. The van der Waals surface area contributed by atoms with Crippen LogP contribution in [-0.4, -0.2) is 23.8 Å². The fraction of sp³-hybridized carbons (Fsp3) is 0.167. The van der Waals surface area contributed by atoms with Crippen LogP contribution in [0.2, 0.25) is 5.02 Å². The smallest absolute Gasteiger partial charge is 0.255 e. The summed E-state index contributed by atoms with van der Waals surface area (Å²) in [6.45, 7) is 0.472. The summed E-state index contributed by atoms with van der Waals surface area (Å²) in [6, 6.07) is 21.6. The molecule has 0 unspecified atom stereocenters. The molecule has 0 saturated carbocycles. The quantitative estimate of drug-likeness (QED) is 0.605. The SMILES string of the molecule is COc1ccc([C@@H](CC(=O)Nc2ccc(Cl)cc2)N2Cc3ccccc3C2=O)cc1. The Morgan fingerprint density at radius 3 is 2.43 bits per heavy atom. The number of amides is 2. The topological polar surface area (TPSA) is 58.6 Å². The van der Waals surface area contributed by atoms with Gasteiger partial charge < -0.3 is 15.0 Å². The zero-order valence-electron chi connectivity index (χ0n) is 16.5. The Labute approximate surface area is 180 Å². The second kappa shape index (κ2) is 8.59. The van der Waals surface area contributed by atoms with Crippen molar-refractivity contribution in [3.63, 3.8) is 0 Å². The first-order valence-corrected chi connectivity index (χ1v) is 10.0. The molecule has 0 bridgehead atoms. The number of rotatable bonds is 6. The number of carbonyl (C=O) groups excluding carboxylic acids is 2. The first-order chi connectivity index (χ1) is 14.5. The zero-order chi connectivity index (χ0) is 21.1. The van der Waals surface area contributed by atoms with Gasteiger partial charge in [-0.25, -0.2) is 0 Å². The van der Waals surface area contributed by atoms with Crippen LogP contribution in [0.4, 0.5) is 5.69 Å². The molecule has 1 heterocycles. The van der Waals surface area contributed by atoms with Crippen molar-refractivity contribution in [1.29, 1.82) is 0 Å². The minimum Gasteiger partial charge on any atom is -0.497 e. The molecule has 4 rings (SSSR count). The number of hydrogen-bond acceptors (Lipinski definition) is 3. The van der Waals surface area contributed by atoms with Gasteiger partial charge in [0, 0.05) is 22.8 Å². The molecule has 5 nitrogen and oxygen atoms in total. The number of nitrogens with one attached hydrogen (secondary N) is 1. The predicted octanol–water partition coefficient (Wildman–Crippen LogP) is 5.07. The molecule has 0 aliphatic carbocycles. The Hall–Kier alpha value is -3.31. The third-order valence-electron chi connectivity index (χ3n) is 5.23. The van der Waals surface area contributed by atoms with Crippen LogP contribution in [0.25, 0.3) is 0 Å². The maximum Gasteiger partial charge on any atom is 0.255 e. The fourth-order valence-corrected chi connectivity index (χ4v) is 3.81. The van der Waals surface area contributed by atoms with Crippen molar-refractivity contribution >= 4 is 29.1 Å². The molecule has 1 aliphatic heterocycles. The van der Waals surface area contributed by atoms with E-state index in [-0.39, 0.29) is 18.2 Å². The van der Waals surface area contributed by atoms with E-state index >= 15 is 0 Å². The molecule has 152 valence electrons. The van der Waals surface area contributed by atoms with Crippen molar-refractivity contribution in [3.05, 3.63) is 94.5 Å². The van der Waals surface area contributed by atoms with E-state index in [0.29, 0.717) is 22.8 Å². The highest BCUT2D eigenvalue weighted by atomic mass is 35.5. The van der Waals surface area contributed by atoms with Gasteiger partial charge in [-0.2, -0.15) is 0 Å². The molecule has 3 aromatic rings. The highest BCUT2D eigenvalue weighted by molar-refractivity contribution is 6.30. The van der Waals surface area contributed by atoms with Gasteiger partial charge >= 0.3 is 0 Å². The van der Waals surface area contributed by atoms with Crippen LogP contribution in [0.1, 0.15) is 33.9 Å². The summed E-state index contributed by atoms with van der Waals surface area (Å²) in [4.78, 5) is 27.7. The highest BCUT2D eigenvalue weighted by Crippen LogP contribution is 2.34. The first kappa shape index (κ1) is 20.0. The molecule has 6 heteroatoms. The van der Waals surface area contributed by atoms with Crippen LogP contribution in [0.5, 0.6) is 5.75 Å². The molecule has 0 spiro atoms. The highest BCUT2D eigenvalue weighted by Gasteiger charge is 2.34. The molecule has 1 aliphatic rings. The largest absolute Gasteiger partial charge is 0.497 e. The lowest BCUT2D eigenvalue weighted by molar-refractivity contribution is -0.117. The van der Waals surface area contributed by atoms with Crippen LogP contribution < -0.4 is 10.1 Å². The van der Waals surface area contributed by atoms with Crippen molar-refractivity contribution < 1.29 is 14.3 Å². The van der Waals surface area contributed by atoms with E-state index in [4.69, 9.17) is 16.3 Å². The van der Waals surface area contributed by atoms with E-state index in [1.807, 2.05) is 48.5 Å². The van der Waals surface area contributed by atoms with Crippen LogP contribution >= 0.6 is 11.6 Å². The van der Waals surface area contributed by atoms with Crippen LogP contribution in [-0.2, 0) is 11.3 Å². The molecule has 0 aromatic heterocycles. The number of methoxy groups -OCH3 is 1. The zero-order valence-corrected chi connectivity index (χ0v) is 17.2. The molecule has 1 atom stereocenters. The van der Waals surface area contributed by atoms with Gasteiger partial charge in [0.2, 0.25) is 5.91 Å². The Morgan fingerprint density at radius 1 is 1.07 bits per heavy atom. The van der Waals surface area contributed by atoms with Gasteiger partial charge in [-0.1, -0.05) is 41.9 Å². The fourth-order valence-electron chi connectivity index (χ4n) is 3.68. The first-order valence-electron chi connectivity index (χ1n) is 9.63. The number of fused-ring (bicyclic) bond motifs is 1. The number of halogens is 1. The van der Waals surface area contributed by atoms with Gasteiger partial charge in [0.05, 0.1) is 19.6 Å². The van der Waals surface area contributed by atoms with Crippen molar-refractivity contribution in [3.8, 4) is 5.75 Å². The second-order valence-corrected chi connectivity index (χ2v) is 7.57. The van der Waals surface area contributed by atoms with Crippen LogP contribution in [0, 0.1) is 0 Å². The summed E-state index contributed by atoms with van der Waals surface area (Å²) >= 11 is 5.92. The lowest BCUT2D eigenvalue weighted by Crippen LogP contribution is -2.32. The van der Waals surface area contributed by atoms with Gasteiger partial charge in [-0.05, 0) is 53.6 Å². The van der Waals surface area contributed by atoms with Crippen molar-refractivity contribution in [2.45, 2.75) is 19.0 Å². The molecule has 3 aromatic carbocycles. The molecule has 2 amide bonds. The Bertz CT molecular complexity index is 1060. The predicted molar refractivity (Wildman–Crippen MR) is 117 cm³/mol. The van der Waals surface area contributed by atoms with E-state index in [9.17, 15) is 9.59 Å².